The van der Waals surface area contributed by atoms with Gasteiger partial charge in [-0.15, -0.1) is 0 Å². The minimum atomic E-state index is -0.180. The van der Waals surface area contributed by atoms with Gasteiger partial charge in [-0.3, -0.25) is 4.79 Å². The highest BCUT2D eigenvalue weighted by Crippen LogP contribution is 2.33. The van der Waals surface area contributed by atoms with Gasteiger partial charge in [0, 0.05) is 5.56 Å². The highest BCUT2D eigenvalue weighted by Gasteiger charge is 2.21. The van der Waals surface area contributed by atoms with E-state index in [0.29, 0.717) is 11.5 Å². The highest BCUT2D eigenvalue weighted by atomic mass is 16.3. The molecule has 0 radical (unpaired) electrons. The molecule has 1 heterocycles. The molecule has 0 unspecified atom stereocenters. The summed E-state index contributed by atoms with van der Waals surface area (Å²) in [4.78, 5) is 22.6. The third kappa shape index (κ3) is 4.67. The summed E-state index contributed by atoms with van der Waals surface area (Å²) in [6.45, 7) is 0. The number of benzene rings is 3. The van der Waals surface area contributed by atoms with Crippen LogP contribution in [-0.4, -0.2) is 21.0 Å². The van der Waals surface area contributed by atoms with Crippen molar-refractivity contribution >= 4 is 23.9 Å². The van der Waals surface area contributed by atoms with Crippen molar-refractivity contribution in [2.75, 3.05) is 5.32 Å². The first kappa shape index (κ1) is 20.6. The van der Waals surface area contributed by atoms with Crippen LogP contribution in [0.15, 0.2) is 78.9 Å². The number of nitrogens with one attached hydrogen (secondary N) is 1. The molecule has 1 aliphatic rings. The maximum Gasteiger partial charge on any atom is 0.230 e. The van der Waals surface area contributed by atoms with Crippen LogP contribution in [0.1, 0.15) is 28.1 Å². The van der Waals surface area contributed by atoms with E-state index >= 15 is 0 Å². The molecule has 0 atom stereocenters. The van der Waals surface area contributed by atoms with Gasteiger partial charge in [0.2, 0.25) is 5.91 Å². The molecule has 0 saturated carbocycles. The zero-order chi connectivity index (χ0) is 22.6. The van der Waals surface area contributed by atoms with Crippen LogP contribution in [0.4, 0.5) is 5.82 Å². The van der Waals surface area contributed by atoms with E-state index in [1.165, 1.54) is 5.56 Å². The lowest BCUT2D eigenvalue weighted by Gasteiger charge is -2.20. The van der Waals surface area contributed by atoms with E-state index in [1.807, 2.05) is 54.6 Å². The number of nitrogens with zero attached hydrogens (tertiary/aromatic N) is 2. The van der Waals surface area contributed by atoms with Crippen LogP contribution >= 0.6 is 0 Å². The van der Waals surface area contributed by atoms with Gasteiger partial charge < -0.3 is 10.4 Å². The first-order valence-electron chi connectivity index (χ1n) is 11.0. The van der Waals surface area contributed by atoms with E-state index in [2.05, 4.69) is 17.4 Å². The summed E-state index contributed by atoms with van der Waals surface area (Å²) in [5, 5.41) is 12.4. The molecule has 0 saturated heterocycles. The number of hydrogen-bond acceptors (Lipinski definition) is 4. The van der Waals surface area contributed by atoms with E-state index in [-0.39, 0.29) is 18.1 Å². The Bertz CT molecular complexity index is 1330. The van der Waals surface area contributed by atoms with Crippen molar-refractivity contribution < 1.29 is 9.90 Å². The Morgan fingerprint density at radius 2 is 1.64 bits per heavy atom. The summed E-state index contributed by atoms with van der Waals surface area (Å²) < 4.78 is 0. The number of anilines is 1. The molecule has 5 heteroatoms. The predicted octanol–water partition coefficient (Wildman–Crippen LogP) is 5.30. The van der Waals surface area contributed by atoms with Crippen LogP contribution in [0.5, 0.6) is 5.75 Å². The number of phenolic OH excluding ortho intramolecular Hbond substituents is 1. The molecule has 0 aliphatic heterocycles. The van der Waals surface area contributed by atoms with Gasteiger partial charge in [0.15, 0.2) is 5.82 Å². The third-order valence-electron chi connectivity index (χ3n) is 5.69. The molecule has 1 amide bonds. The molecule has 0 fully saturated rings. The number of phenols is 1. The maximum absolute atomic E-state index is 12.8. The van der Waals surface area contributed by atoms with Crippen molar-refractivity contribution in [3.63, 3.8) is 0 Å². The SMILES string of the molecule is O=C(Cc1ccc(O)cc1)Nc1nc2c(nc1C=Cc1ccccc1)-c1ccccc1CC2. The first-order chi connectivity index (χ1) is 16.2. The molecular weight excluding hydrogens is 410 g/mol. The minimum absolute atomic E-state index is 0.174. The predicted molar refractivity (Wildman–Crippen MR) is 131 cm³/mol. The van der Waals surface area contributed by atoms with Gasteiger partial charge in [-0.1, -0.05) is 72.8 Å². The molecule has 4 aromatic rings. The smallest absolute Gasteiger partial charge is 0.230 e. The van der Waals surface area contributed by atoms with Gasteiger partial charge in [0.25, 0.3) is 0 Å². The lowest BCUT2D eigenvalue weighted by Crippen LogP contribution is -2.19. The summed E-state index contributed by atoms with van der Waals surface area (Å²) in [6.07, 6.45) is 5.74. The summed E-state index contributed by atoms with van der Waals surface area (Å²) in [6, 6.07) is 24.9. The normalized spacial score (nSPS) is 12.2. The van der Waals surface area contributed by atoms with Crippen LogP contribution in [0.2, 0.25) is 0 Å². The molecule has 3 aromatic carbocycles. The van der Waals surface area contributed by atoms with Gasteiger partial charge in [0.1, 0.15) is 11.4 Å². The van der Waals surface area contributed by atoms with E-state index in [9.17, 15) is 9.90 Å². The Balaban J connectivity index is 1.50. The fraction of sp³-hybridized carbons (Fsp3) is 0.107. The summed E-state index contributed by atoms with van der Waals surface area (Å²) in [5.41, 5.74) is 6.61. The fourth-order valence-corrected chi connectivity index (χ4v) is 4.02. The number of aromatic nitrogens is 2. The molecular formula is C28H23N3O2. The molecule has 162 valence electrons. The molecule has 2 N–H and O–H groups in total. The van der Waals surface area contributed by atoms with Crippen molar-refractivity contribution in [1.29, 1.82) is 0 Å². The zero-order valence-corrected chi connectivity index (χ0v) is 18.0. The lowest BCUT2D eigenvalue weighted by atomic mass is 9.92. The van der Waals surface area contributed by atoms with Gasteiger partial charge in [-0.2, -0.15) is 0 Å². The third-order valence-corrected chi connectivity index (χ3v) is 5.69. The molecule has 5 nitrogen and oxygen atoms in total. The van der Waals surface area contributed by atoms with E-state index < -0.39 is 0 Å². The van der Waals surface area contributed by atoms with Crippen molar-refractivity contribution in [2.24, 2.45) is 0 Å². The Hall–Kier alpha value is -4.25. The summed E-state index contributed by atoms with van der Waals surface area (Å²) in [7, 11) is 0. The first-order valence-corrected chi connectivity index (χ1v) is 11.0. The average Bonchev–Trinajstić information content (AvgIpc) is 2.84. The average molecular weight is 434 g/mol. The largest absolute Gasteiger partial charge is 0.508 e. The Morgan fingerprint density at radius 1 is 0.879 bits per heavy atom. The van der Waals surface area contributed by atoms with Crippen molar-refractivity contribution in [2.45, 2.75) is 19.3 Å². The fourth-order valence-electron chi connectivity index (χ4n) is 4.02. The number of amides is 1. The van der Waals surface area contributed by atoms with Crippen LogP contribution < -0.4 is 5.32 Å². The number of hydrogen-bond donors (Lipinski definition) is 2. The van der Waals surface area contributed by atoms with Crippen molar-refractivity contribution in [3.05, 3.63) is 107 Å². The van der Waals surface area contributed by atoms with Gasteiger partial charge in [0.05, 0.1) is 17.8 Å². The monoisotopic (exact) mass is 433 g/mol. The van der Waals surface area contributed by atoms with Gasteiger partial charge in [-0.25, -0.2) is 9.97 Å². The van der Waals surface area contributed by atoms with E-state index in [4.69, 9.17) is 9.97 Å². The topological polar surface area (TPSA) is 75.1 Å². The van der Waals surface area contributed by atoms with Crippen molar-refractivity contribution in [3.8, 4) is 17.0 Å². The molecule has 0 spiro atoms. The van der Waals surface area contributed by atoms with Gasteiger partial charge in [-0.05, 0) is 47.7 Å². The quantitative estimate of drug-likeness (QED) is 0.448. The number of fused-ring (bicyclic) bond motifs is 3. The second-order valence-corrected chi connectivity index (χ2v) is 8.05. The van der Waals surface area contributed by atoms with Crippen LogP contribution in [0.3, 0.4) is 0 Å². The van der Waals surface area contributed by atoms with Crippen LogP contribution in [0.25, 0.3) is 23.4 Å². The number of aromatic hydroxyl groups is 1. The van der Waals surface area contributed by atoms with E-state index in [0.717, 1.165) is 40.9 Å². The standard InChI is InChI=1S/C28H23N3O2/c32-22-14-10-20(11-15-22)18-26(33)31-28-25(16-12-19-6-2-1-3-7-19)29-27-23-9-5-4-8-21(23)13-17-24(27)30-28/h1-12,14-16,32H,13,17-18H2,(H,30,31,33). The number of carbonyl (C=O) groups is 1. The lowest BCUT2D eigenvalue weighted by molar-refractivity contribution is -0.115. The van der Waals surface area contributed by atoms with Crippen LogP contribution in [-0.2, 0) is 24.1 Å². The Morgan fingerprint density at radius 3 is 2.45 bits per heavy atom. The number of carbonyl (C=O) groups excluding carboxylic acids is 1. The van der Waals surface area contributed by atoms with Crippen LogP contribution in [0, 0.1) is 0 Å². The second kappa shape index (κ2) is 9.09. The zero-order valence-electron chi connectivity index (χ0n) is 18.0. The number of rotatable bonds is 5. The maximum atomic E-state index is 12.8. The molecule has 0 bridgehead atoms. The Labute approximate surface area is 192 Å². The molecule has 1 aromatic heterocycles. The number of aryl methyl sites for hydroxylation is 2. The summed E-state index contributed by atoms with van der Waals surface area (Å²) in [5.74, 6) is 0.456. The second-order valence-electron chi connectivity index (χ2n) is 8.05. The Kier molecular flexibility index (Phi) is 5.68. The molecule has 5 rings (SSSR count). The summed E-state index contributed by atoms with van der Waals surface area (Å²) >= 11 is 0. The van der Waals surface area contributed by atoms with Crippen molar-refractivity contribution in [1.82, 2.24) is 9.97 Å². The molecule has 33 heavy (non-hydrogen) atoms. The van der Waals surface area contributed by atoms with Gasteiger partial charge >= 0.3 is 0 Å². The highest BCUT2D eigenvalue weighted by molar-refractivity contribution is 5.93. The molecule has 1 aliphatic carbocycles. The minimum Gasteiger partial charge on any atom is -0.508 e. The van der Waals surface area contributed by atoms with E-state index in [1.54, 1.807) is 24.3 Å².